The second kappa shape index (κ2) is 7.13. The van der Waals surface area contributed by atoms with Gasteiger partial charge in [-0.3, -0.25) is 4.79 Å². The van der Waals surface area contributed by atoms with Crippen LogP contribution in [-0.4, -0.2) is 16.8 Å². The van der Waals surface area contributed by atoms with E-state index >= 15 is 0 Å². The fourth-order valence-electron chi connectivity index (χ4n) is 1.26. The molecule has 1 unspecified atom stereocenters. The van der Waals surface area contributed by atoms with Gasteiger partial charge < -0.3 is 0 Å². The third kappa shape index (κ3) is 4.71. The Morgan fingerprint density at radius 1 is 1.44 bits per heavy atom. The van der Waals surface area contributed by atoms with E-state index in [0.29, 0.717) is 23.2 Å². The molecule has 0 radical (unpaired) electrons. The lowest BCUT2D eigenvalue weighted by molar-refractivity contribution is -0.116. The summed E-state index contributed by atoms with van der Waals surface area (Å²) >= 11 is 5.20. The summed E-state index contributed by atoms with van der Waals surface area (Å²) in [4.78, 5) is 11.7. The fraction of sp³-hybridized carbons (Fsp3) is 0.462. The maximum absolute atomic E-state index is 11.7. The van der Waals surface area contributed by atoms with Crippen molar-refractivity contribution in [2.45, 2.75) is 31.9 Å². The van der Waals surface area contributed by atoms with Gasteiger partial charge in [0.2, 0.25) is 0 Å². The molecule has 0 heterocycles. The molecular weight excluding hydrogens is 284 g/mol. The standard InChI is InChI=1S/C13H17BrOS/c1-3-10(2)16-9-12(15)8-11-6-4-5-7-13(11)14/h4-7,10H,3,8-9H2,1-2H3. The van der Waals surface area contributed by atoms with Crippen molar-refractivity contribution in [3.63, 3.8) is 0 Å². The molecule has 0 N–H and O–H groups in total. The molecule has 0 saturated heterocycles. The number of benzene rings is 1. The average Bonchev–Trinajstić information content (AvgIpc) is 2.29. The molecule has 1 rings (SSSR count). The molecule has 0 amide bonds. The predicted molar refractivity (Wildman–Crippen MR) is 75.1 cm³/mol. The molecule has 1 nitrogen and oxygen atoms in total. The maximum atomic E-state index is 11.7. The first-order valence-electron chi connectivity index (χ1n) is 5.50. The van der Waals surface area contributed by atoms with E-state index in [4.69, 9.17) is 0 Å². The Labute approximate surface area is 110 Å². The van der Waals surface area contributed by atoms with Gasteiger partial charge in [0.05, 0.1) is 5.75 Å². The van der Waals surface area contributed by atoms with Crippen LogP contribution in [0.25, 0.3) is 0 Å². The van der Waals surface area contributed by atoms with Crippen molar-refractivity contribution in [1.29, 1.82) is 0 Å². The Kier molecular flexibility index (Phi) is 6.14. The molecular formula is C13H17BrOS. The van der Waals surface area contributed by atoms with E-state index in [2.05, 4.69) is 29.8 Å². The molecule has 0 saturated carbocycles. The molecule has 0 fully saturated rings. The second-order valence-electron chi connectivity index (χ2n) is 3.84. The largest absolute Gasteiger partial charge is 0.298 e. The van der Waals surface area contributed by atoms with Crippen LogP contribution in [0.3, 0.4) is 0 Å². The highest BCUT2D eigenvalue weighted by atomic mass is 79.9. The van der Waals surface area contributed by atoms with Gasteiger partial charge in [-0.25, -0.2) is 0 Å². The molecule has 1 aromatic carbocycles. The number of thioether (sulfide) groups is 1. The lowest BCUT2D eigenvalue weighted by Gasteiger charge is -2.07. The number of hydrogen-bond donors (Lipinski definition) is 0. The minimum absolute atomic E-state index is 0.303. The first-order valence-corrected chi connectivity index (χ1v) is 7.34. The topological polar surface area (TPSA) is 17.1 Å². The van der Waals surface area contributed by atoms with Crippen LogP contribution >= 0.6 is 27.7 Å². The van der Waals surface area contributed by atoms with Gasteiger partial charge >= 0.3 is 0 Å². The summed E-state index contributed by atoms with van der Waals surface area (Å²) in [6.07, 6.45) is 1.65. The summed E-state index contributed by atoms with van der Waals surface area (Å²) in [5.74, 6) is 0.924. The zero-order valence-electron chi connectivity index (χ0n) is 9.70. The number of halogens is 1. The molecule has 0 aliphatic heterocycles. The third-order valence-electron chi connectivity index (χ3n) is 2.45. The van der Waals surface area contributed by atoms with E-state index in [0.717, 1.165) is 16.5 Å². The zero-order valence-corrected chi connectivity index (χ0v) is 12.1. The molecule has 3 heteroatoms. The summed E-state index contributed by atoms with van der Waals surface area (Å²) in [6, 6.07) is 7.90. The summed E-state index contributed by atoms with van der Waals surface area (Å²) in [5, 5.41) is 0.572. The summed E-state index contributed by atoms with van der Waals surface area (Å²) in [5.41, 5.74) is 1.08. The first-order chi connectivity index (χ1) is 7.63. The van der Waals surface area contributed by atoms with Crippen LogP contribution in [0.2, 0.25) is 0 Å². The normalized spacial score (nSPS) is 12.4. The number of rotatable bonds is 6. The highest BCUT2D eigenvalue weighted by molar-refractivity contribution is 9.10. The number of hydrogen-bond acceptors (Lipinski definition) is 2. The van der Waals surface area contributed by atoms with Crippen LogP contribution in [-0.2, 0) is 11.2 Å². The Morgan fingerprint density at radius 3 is 2.75 bits per heavy atom. The van der Waals surface area contributed by atoms with Gasteiger partial charge in [-0.05, 0) is 18.1 Å². The molecule has 1 atom stereocenters. The van der Waals surface area contributed by atoms with Gasteiger partial charge in [0.1, 0.15) is 5.78 Å². The molecule has 88 valence electrons. The van der Waals surface area contributed by atoms with Gasteiger partial charge in [-0.2, -0.15) is 11.8 Å². The van der Waals surface area contributed by atoms with Crippen LogP contribution < -0.4 is 0 Å². The maximum Gasteiger partial charge on any atom is 0.147 e. The molecule has 0 aliphatic rings. The predicted octanol–water partition coefficient (Wildman–Crippen LogP) is 4.09. The molecule has 1 aromatic rings. The Balaban J connectivity index is 2.43. The highest BCUT2D eigenvalue weighted by Gasteiger charge is 2.08. The smallest absolute Gasteiger partial charge is 0.147 e. The van der Waals surface area contributed by atoms with Crippen molar-refractivity contribution in [3.8, 4) is 0 Å². The van der Waals surface area contributed by atoms with Crippen LogP contribution in [0.4, 0.5) is 0 Å². The van der Waals surface area contributed by atoms with E-state index in [1.165, 1.54) is 0 Å². The fourth-order valence-corrected chi connectivity index (χ4v) is 2.49. The quantitative estimate of drug-likeness (QED) is 0.787. The van der Waals surface area contributed by atoms with Crippen molar-refractivity contribution in [3.05, 3.63) is 34.3 Å². The van der Waals surface area contributed by atoms with E-state index in [1.807, 2.05) is 24.3 Å². The Bertz CT molecular complexity index is 352. The Hall–Kier alpha value is -0.280. The van der Waals surface area contributed by atoms with E-state index in [-0.39, 0.29) is 0 Å². The molecule has 0 spiro atoms. The van der Waals surface area contributed by atoms with Crippen molar-refractivity contribution < 1.29 is 4.79 Å². The monoisotopic (exact) mass is 300 g/mol. The number of carbonyl (C=O) groups is 1. The van der Waals surface area contributed by atoms with Gasteiger partial charge in [0.15, 0.2) is 0 Å². The first kappa shape index (κ1) is 13.8. The number of Topliss-reactive ketones (excluding diaryl/α,β-unsaturated/α-hetero) is 1. The molecule has 0 aromatic heterocycles. The molecule has 16 heavy (non-hydrogen) atoms. The lowest BCUT2D eigenvalue weighted by atomic mass is 10.1. The average molecular weight is 301 g/mol. The van der Waals surface area contributed by atoms with Gasteiger partial charge in [-0.1, -0.05) is 48.0 Å². The van der Waals surface area contributed by atoms with Crippen LogP contribution in [0.5, 0.6) is 0 Å². The van der Waals surface area contributed by atoms with E-state index in [1.54, 1.807) is 11.8 Å². The summed E-state index contributed by atoms with van der Waals surface area (Å²) in [6.45, 7) is 4.31. The third-order valence-corrected chi connectivity index (χ3v) is 4.61. The van der Waals surface area contributed by atoms with Gasteiger partial charge in [0, 0.05) is 16.1 Å². The van der Waals surface area contributed by atoms with Crippen molar-refractivity contribution >= 4 is 33.5 Å². The van der Waals surface area contributed by atoms with E-state index < -0.39 is 0 Å². The highest BCUT2D eigenvalue weighted by Crippen LogP contribution is 2.18. The lowest BCUT2D eigenvalue weighted by Crippen LogP contribution is -2.08. The zero-order chi connectivity index (χ0) is 12.0. The summed E-state index contributed by atoms with van der Waals surface area (Å²) in [7, 11) is 0. The Morgan fingerprint density at radius 2 is 2.12 bits per heavy atom. The van der Waals surface area contributed by atoms with Crippen molar-refractivity contribution in [1.82, 2.24) is 0 Å². The van der Waals surface area contributed by atoms with Gasteiger partial charge in [0.25, 0.3) is 0 Å². The molecule has 0 bridgehead atoms. The van der Waals surface area contributed by atoms with Crippen LogP contribution in [0, 0.1) is 0 Å². The second-order valence-corrected chi connectivity index (χ2v) is 6.12. The minimum atomic E-state index is 0.303. The van der Waals surface area contributed by atoms with E-state index in [9.17, 15) is 4.79 Å². The van der Waals surface area contributed by atoms with Gasteiger partial charge in [-0.15, -0.1) is 0 Å². The van der Waals surface area contributed by atoms with Crippen molar-refractivity contribution in [2.24, 2.45) is 0 Å². The van der Waals surface area contributed by atoms with Crippen LogP contribution in [0.1, 0.15) is 25.8 Å². The minimum Gasteiger partial charge on any atom is -0.298 e. The van der Waals surface area contributed by atoms with Crippen molar-refractivity contribution in [2.75, 3.05) is 5.75 Å². The number of ketones is 1. The SMILES string of the molecule is CCC(C)SCC(=O)Cc1ccccc1Br. The van der Waals surface area contributed by atoms with Crippen LogP contribution in [0.15, 0.2) is 28.7 Å². The molecule has 0 aliphatic carbocycles. The number of carbonyl (C=O) groups excluding carboxylic acids is 1. The summed E-state index contributed by atoms with van der Waals surface area (Å²) < 4.78 is 1.02.